The topological polar surface area (TPSA) is 86.4 Å². The normalized spacial score (nSPS) is 21.2. The Balaban J connectivity index is 0.000000340. The zero-order chi connectivity index (χ0) is 45.1. The van der Waals surface area contributed by atoms with E-state index in [1.54, 1.807) is 0 Å². The van der Waals surface area contributed by atoms with Crippen molar-refractivity contribution in [2.45, 2.75) is 106 Å². The van der Waals surface area contributed by atoms with Crippen molar-refractivity contribution in [3.05, 3.63) is 71.8 Å². The van der Waals surface area contributed by atoms with Gasteiger partial charge in [-0.3, -0.25) is 0 Å². The SMILES string of the molecule is CC(C)[C@@H]1COC(C(C)(Cc2ccccc2)C2=N[C@H](C(C)C)CO2)=N1.CC(C)[C@H]1COC(C(C)(Cc2ccccc2)C2=N[C@@H](C(C)C)CO2)=N1.F[B-](F)(F)F.F[B-](F)(F)F.[Zn+2]. The first kappa shape index (κ1) is 53.6. The van der Waals surface area contributed by atoms with Gasteiger partial charge in [0.25, 0.3) is 0 Å². The summed E-state index contributed by atoms with van der Waals surface area (Å²) in [5, 5.41) is 0. The van der Waals surface area contributed by atoms with Gasteiger partial charge in [-0.15, -0.1) is 0 Å². The molecule has 61 heavy (non-hydrogen) atoms. The van der Waals surface area contributed by atoms with Crippen LogP contribution in [0.25, 0.3) is 0 Å². The number of nitrogens with zero attached hydrogens (tertiary/aromatic N) is 4. The van der Waals surface area contributed by atoms with Crippen molar-refractivity contribution in [2.75, 3.05) is 26.4 Å². The van der Waals surface area contributed by atoms with E-state index in [1.807, 2.05) is 12.1 Å². The second-order valence-corrected chi connectivity index (χ2v) is 17.2. The van der Waals surface area contributed by atoms with Crippen LogP contribution in [0, 0.1) is 34.5 Å². The molecule has 0 aliphatic carbocycles. The van der Waals surface area contributed by atoms with Gasteiger partial charge < -0.3 is 53.5 Å². The number of ether oxygens (including phenoxy) is 4. The fourth-order valence-electron chi connectivity index (χ4n) is 6.62. The molecule has 0 amide bonds. The fraction of sp³-hybridized carbons (Fsp3) is 0.619. The van der Waals surface area contributed by atoms with Crippen LogP contribution in [-0.4, -0.2) is 88.7 Å². The van der Waals surface area contributed by atoms with Crippen LogP contribution in [0.5, 0.6) is 0 Å². The summed E-state index contributed by atoms with van der Waals surface area (Å²) in [6.07, 6.45) is 1.56. The maximum atomic E-state index is 9.75. The number of halogens is 8. The van der Waals surface area contributed by atoms with Crippen LogP contribution >= 0.6 is 0 Å². The van der Waals surface area contributed by atoms with Crippen molar-refractivity contribution in [1.82, 2.24) is 0 Å². The summed E-state index contributed by atoms with van der Waals surface area (Å²) in [7, 11) is -12.0. The zero-order valence-electron chi connectivity index (χ0n) is 36.9. The molecule has 0 saturated carbocycles. The first-order chi connectivity index (χ1) is 27.8. The molecule has 6 rings (SSSR count). The van der Waals surface area contributed by atoms with Crippen LogP contribution in [0.3, 0.4) is 0 Å². The summed E-state index contributed by atoms with van der Waals surface area (Å²) < 4.78 is 102. The molecule has 0 fully saturated rings. The van der Waals surface area contributed by atoms with E-state index in [0.29, 0.717) is 50.1 Å². The summed E-state index contributed by atoms with van der Waals surface area (Å²) in [6.45, 7) is 24.4. The summed E-state index contributed by atoms with van der Waals surface area (Å²) in [5.74, 6) is 4.97. The number of hydrogen-bond donors (Lipinski definition) is 0. The first-order valence-corrected chi connectivity index (χ1v) is 20.5. The Morgan fingerprint density at radius 2 is 0.656 bits per heavy atom. The van der Waals surface area contributed by atoms with Gasteiger partial charge in [0.2, 0.25) is 0 Å². The van der Waals surface area contributed by atoms with Crippen molar-refractivity contribution in [2.24, 2.45) is 54.5 Å². The molecule has 0 saturated heterocycles. The predicted molar refractivity (Wildman–Crippen MR) is 225 cm³/mol. The van der Waals surface area contributed by atoms with E-state index < -0.39 is 25.3 Å². The third-order valence-corrected chi connectivity index (χ3v) is 10.5. The largest absolute Gasteiger partial charge is 2.00 e. The van der Waals surface area contributed by atoms with E-state index in [0.717, 1.165) is 36.4 Å². The van der Waals surface area contributed by atoms with Gasteiger partial charge in [0.05, 0.1) is 24.2 Å². The minimum Gasteiger partial charge on any atom is -0.478 e. The van der Waals surface area contributed by atoms with Gasteiger partial charge in [-0.05, 0) is 61.5 Å². The fourth-order valence-corrected chi connectivity index (χ4v) is 6.62. The minimum atomic E-state index is -6.00. The summed E-state index contributed by atoms with van der Waals surface area (Å²) in [6, 6.07) is 21.8. The minimum absolute atomic E-state index is 0. The molecular formula is C42H60B2F8N4O4Zn. The monoisotopic (exact) mass is 922 g/mol. The number of rotatable bonds is 12. The van der Waals surface area contributed by atoms with Crippen molar-refractivity contribution >= 4 is 38.1 Å². The maximum absolute atomic E-state index is 9.75. The number of aliphatic imine (C=N–C) groups is 4. The summed E-state index contributed by atoms with van der Waals surface area (Å²) in [5.41, 5.74) is 1.58. The van der Waals surface area contributed by atoms with Crippen molar-refractivity contribution in [3.8, 4) is 0 Å². The first-order valence-electron chi connectivity index (χ1n) is 20.5. The van der Waals surface area contributed by atoms with Gasteiger partial charge in [0, 0.05) is 0 Å². The molecule has 4 aliphatic heterocycles. The average Bonchev–Trinajstić information content (AvgIpc) is 3.98. The summed E-state index contributed by atoms with van der Waals surface area (Å²) in [4.78, 5) is 19.6. The number of hydrogen-bond acceptors (Lipinski definition) is 8. The van der Waals surface area contributed by atoms with E-state index in [9.17, 15) is 34.5 Å². The predicted octanol–water partition coefficient (Wildman–Crippen LogP) is 10.9. The summed E-state index contributed by atoms with van der Waals surface area (Å²) >= 11 is 0. The molecule has 4 heterocycles. The second-order valence-electron chi connectivity index (χ2n) is 17.2. The van der Waals surface area contributed by atoms with Gasteiger partial charge in [-0.2, -0.15) is 0 Å². The zero-order valence-corrected chi connectivity index (χ0v) is 39.9. The quantitative estimate of drug-likeness (QED) is 0.157. The van der Waals surface area contributed by atoms with Gasteiger partial charge in [0.15, 0.2) is 23.6 Å². The van der Waals surface area contributed by atoms with Crippen LogP contribution in [0.1, 0.15) is 80.4 Å². The Kier molecular flexibility index (Phi) is 20.5. The molecule has 336 valence electrons. The Hall–Kier alpha value is -3.49. The van der Waals surface area contributed by atoms with Crippen LogP contribution < -0.4 is 0 Å². The molecular weight excluding hydrogens is 863 g/mol. The van der Waals surface area contributed by atoms with Gasteiger partial charge in [-0.1, -0.05) is 116 Å². The Morgan fingerprint density at radius 1 is 0.459 bits per heavy atom. The van der Waals surface area contributed by atoms with Gasteiger partial charge in [-0.25, -0.2) is 20.0 Å². The van der Waals surface area contributed by atoms with E-state index >= 15 is 0 Å². The molecule has 4 aliphatic rings. The molecule has 4 atom stereocenters. The van der Waals surface area contributed by atoms with E-state index in [1.165, 1.54) is 11.1 Å². The molecule has 19 heteroatoms. The Labute approximate surface area is 368 Å². The molecule has 0 radical (unpaired) electrons. The van der Waals surface area contributed by atoms with Crippen LogP contribution in [0.2, 0.25) is 0 Å². The molecule has 0 bridgehead atoms. The number of benzene rings is 2. The van der Waals surface area contributed by atoms with E-state index in [4.69, 9.17) is 38.9 Å². The van der Waals surface area contributed by atoms with Crippen molar-refractivity contribution in [1.29, 1.82) is 0 Å². The Bertz CT molecular complexity index is 1560. The average molecular weight is 924 g/mol. The molecule has 0 N–H and O–H groups in total. The van der Waals surface area contributed by atoms with E-state index in [2.05, 4.69) is 118 Å². The molecule has 0 spiro atoms. The third-order valence-electron chi connectivity index (χ3n) is 10.5. The molecule has 2 aromatic rings. The smallest absolute Gasteiger partial charge is 0.478 e. The molecule has 8 nitrogen and oxygen atoms in total. The standard InChI is InChI=1S/2C21H30N2O2.2BF4.Zn/c2*1-14(2)17-12-24-19(22-17)21(5,11-16-9-7-6-8-10-16)20-23-18(13-25-20)15(3)4;2*2-1(3,4)5;/h2*6-10,14-15,17-18H,11-13H2,1-5H3;;;/q;;2*-1;+2/t2*17-,18-;;;/m10.../s1. The van der Waals surface area contributed by atoms with Crippen molar-refractivity contribution in [3.63, 3.8) is 0 Å². The third kappa shape index (κ3) is 17.3. The maximum Gasteiger partial charge on any atom is 2.00 e. The molecule has 0 aromatic heterocycles. The molecule has 2 aromatic carbocycles. The molecule has 0 unspecified atom stereocenters. The second kappa shape index (κ2) is 23.3. The van der Waals surface area contributed by atoms with Crippen LogP contribution in [0.4, 0.5) is 34.5 Å². The van der Waals surface area contributed by atoms with Crippen LogP contribution in [0.15, 0.2) is 80.6 Å². The van der Waals surface area contributed by atoms with Crippen LogP contribution in [-0.2, 0) is 51.3 Å². The van der Waals surface area contributed by atoms with E-state index in [-0.39, 0.29) is 43.6 Å². The van der Waals surface area contributed by atoms with Crippen molar-refractivity contribution < 1.29 is 73.0 Å². The van der Waals surface area contributed by atoms with Gasteiger partial charge >= 0.3 is 34.0 Å². The van der Waals surface area contributed by atoms with Gasteiger partial charge in [0.1, 0.15) is 37.3 Å². The Morgan fingerprint density at radius 3 is 0.820 bits per heavy atom.